The maximum atomic E-state index is 11.7. The van der Waals surface area contributed by atoms with Crippen molar-refractivity contribution in [2.45, 2.75) is 39.7 Å². The fraction of sp³-hybridized carbons (Fsp3) is 0.692. The Labute approximate surface area is 109 Å². The molecule has 0 bridgehead atoms. The summed E-state index contributed by atoms with van der Waals surface area (Å²) in [6.07, 6.45) is 2.00. The fourth-order valence-electron chi connectivity index (χ4n) is 1.11. The minimum absolute atomic E-state index is 0.255. The molecule has 0 fully saturated rings. The third-order valence-electron chi connectivity index (χ3n) is 1.98. The van der Waals surface area contributed by atoms with Gasteiger partial charge in [-0.3, -0.25) is 0 Å². The van der Waals surface area contributed by atoms with Crippen molar-refractivity contribution < 1.29 is 19.1 Å². The summed E-state index contributed by atoms with van der Waals surface area (Å²) >= 11 is 0. The third kappa shape index (κ3) is 7.70. The predicted molar refractivity (Wildman–Crippen MR) is 69.2 cm³/mol. The number of alkyl carbamates (subject to hydrolysis) is 1. The molecule has 0 aromatic rings. The summed E-state index contributed by atoms with van der Waals surface area (Å²) in [6.45, 7) is 9.99. The van der Waals surface area contributed by atoms with Gasteiger partial charge in [-0.2, -0.15) is 0 Å². The zero-order valence-corrected chi connectivity index (χ0v) is 11.4. The van der Waals surface area contributed by atoms with E-state index in [1.54, 1.807) is 6.08 Å². The van der Waals surface area contributed by atoms with Gasteiger partial charge in [0, 0.05) is 0 Å². The molecule has 1 amide bonds. The molecule has 0 aliphatic rings. The Kier molecular flexibility index (Phi) is 8.70. The highest BCUT2D eigenvalue weighted by Crippen LogP contribution is 2.01. The first-order chi connectivity index (χ1) is 8.51. The van der Waals surface area contributed by atoms with Crippen molar-refractivity contribution in [3.05, 3.63) is 12.7 Å². The van der Waals surface area contributed by atoms with Crippen LogP contribution < -0.4 is 5.32 Å². The summed E-state index contributed by atoms with van der Waals surface area (Å²) in [5.41, 5.74) is 0. The standard InChI is InChI=1S/C13H23NO4/c1-5-7-11(12(15)18-9-10(3)4)14-13(16)17-8-6-2/h5,10-11H,1,6-9H2,2-4H3,(H,14,16). The topological polar surface area (TPSA) is 64.6 Å². The van der Waals surface area contributed by atoms with Gasteiger partial charge < -0.3 is 14.8 Å². The van der Waals surface area contributed by atoms with Gasteiger partial charge in [-0.25, -0.2) is 9.59 Å². The maximum absolute atomic E-state index is 11.7. The molecule has 104 valence electrons. The number of amides is 1. The van der Waals surface area contributed by atoms with Crippen molar-refractivity contribution in [1.82, 2.24) is 5.32 Å². The molecule has 0 rings (SSSR count). The van der Waals surface area contributed by atoms with E-state index in [0.717, 1.165) is 6.42 Å². The Morgan fingerprint density at radius 1 is 1.33 bits per heavy atom. The van der Waals surface area contributed by atoms with Crippen LogP contribution >= 0.6 is 0 Å². The molecule has 18 heavy (non-hydrogen) atoms. The number of hydrogen-bond acceptors (Lipinski definition) is 4. The number of carbonyl (C=O) groups excluding carboxylic acids is 2. The van der Waals surface area contributed by atoms with Crippen LogP contribution in [0.2, 0.25) is 0 Å². The number of esters is 1. The number of nitrogens with one attached hydrogen (secondary N) is 1. The fourth-order valence-corrected chi connectivity index (χ4v) is 1.11. The molecule has 0 radical (unpaired) electrons. The van der Waals surface area contributed by atoms with Gasteiger partial charge in [0.2, 0.25) is 0 Å². The molecule has 5 nitrogen and oxygen atoms in total. The van der Waals surface area contributed by atoms with Crippen LogP contribution in [0.15, 0.2) is 12.7 Å². The van der Waals surface area contributed by atoms with E-state index < -0.39 is 18.1 Å². The van der Waals surface area contributed by atoms with E-state index in [9.17, 15) is 9.59 Å². The lowest BCUT2D eigenvalue weighted by atomic mass is 10.2. The number of carbonyl (C=O) groups is 2. The first-order valence-corrected chi connectivity index (χ1v) is 6.22. The van der Waals surface area contributed by atoms with Crippen molar-refractivity contribution >= 4 is 12.1 Å². The van der Waals surface area contributed by atoms with Crippen LogP contribution in [-0.4, -0.2) is 31.3 Å². The molecule has 0 aliphatic carbocycles. The van der Waals surface area contributed by atoms with Gasteiger partial charge in [0.15, 0.2) is 0 Å². The second kappa shape index (κ2) is 9.50. The molecule has 0 aliphatic heterocycles. The van der Waals surface area contributed by atoms with E-state index in [2.05, 4.69) is 11.9 Å². The highest BCUT2D eigenvalue weighted by Gasteiger charge is 2.21. The monoisotopic (exact) mass is 257 g/mol. The van der Waals surface area contributed by atoms with Gasteiger partial charge in [0.25, 0.3) is 0 Å². The lowest BCUT2D eigenvalue weighted by Gasteiger charge is -2.16. The highest BCUT2D eigenvalue weighted by atomic mass is 16.6. The number of rotatable bonds is 8. The first-order valence-electron chi connectivity index (χ1n) is 6.22. The van der Waals surface area contributed by atoms with Crippen LogP contribution in [0.25, 0.3) is 0 Å². The molecule has 0 aromatic carbocycles. The molecule has 5 heteroatoms. The summed E-state index contributed by atoms with van der Waals surface area (Å²) in [6, 6.07) is -0.731. The Balaban J connectivity index is 4.23. The zero-order valence-electron chi connectivity index (χ0n) is 11.4. The maximum Gasteiger partial charge on any atom is 0.407 e. The van der Waals surface area contributed by atoms with Gasteiger partial charge in [-0.15, -0.1) is 6.58 Å². The van der Waals surface area contributed by atoms with Crippen molar-refractivity contribution in [2.24, 2.45) is 5.92 Å². The lowest BCUT2D eigenvalue weighted by Crippen LogP contribution is -2.42. The summed E-state index contributed by atoms with van der Waals surface area (Å²) < 4.78 is 9.92. The van der Waals surface area contributed by atoms with Crippen LogP contribution in [0.3, 0.4) is 0 Å². The average molecular weight is 257 g/mol. The molecular weight excluding hydrogens is 234 g/mol. The number of ether oxygens (including phenoxy) is 2. The summed E-state index contributed by atoms with van der Waals surface area (Å²) in [4.78, 5) is 23.1. The van der Waals surface area contributed by atoms with E-state index in [1.165, 1.54) is 0 Å². The van der Waals surface area contributed by atoms with E-state index in [4.69, 9.17) is 9.47 Å². The minimum Gasteiger partial charge on any atom is -0.464 e. The van der Waals surface area contributed by atoms with Crippen LogP contribution in [-0.2, 0) is 14.3 Å². The van der Waals surface area contributed by atoms with E-state index in [0.29, 0.717) is 19.6 Å². The van der Waals surface area contributed by atoms with E-state index >= 15 is 0 Å². The second-order valence-electron chi connectivity index (χ2n) is 4.38. The van der Waals surface area contributed by atoms with Crippen molar-refractivity contribution in [1.29, 1.82) is 0 Å². The summed E-state index contributed by atoms with van der Waals surface area (Å²) in [5.74, 6) is -0.206. The third-order valence-corrected chi connectivity index (χ3v) is 1.98. The molecule has 0 spiro atoms. The highest BCUT2D eigenvalue weighted by molar-refractivity contribution is 5.81. The Morgan fingerprint density at radius 2 is 2.00 bits per heavy atom. The lowest BCUT2D eigenvalue weighted by molar-refractivity contribution is -0.147. The minimum atomic E-state index is -0.731. The molecule has 0 saturated carbocycles. The number of hydrogen-bond donors (Lipinski definition) is 1. The molecule has 1 N–H and O–H groups in total. The van der Waals surface area contributed by atoms with Crippen molar-refractivity contribution in [2.75, 3.05) is 13.2 Å². The predicted octanol–water partition coefficient (Wildman–Crippen LogP) is 2.27. The van der Waals surface area contributed by atoms with E-state index in [1.807, 2.05) is 20.8 Å². The zero-order chi connectivity index (χ0) is 14.0. The molecule has 0 aromatic heterocycles. The van der Waals surface area contributed by atoms with Crippen molar-refractivity contribution in [3.8, 4) is 0 Å². The largest absolute Gasteiger partial charge is 0.464 e. The Bertz CT molecular complexity index is 276. The summed E-state index contributed by atoms with van der Waals surface area (Å²) in [7, 11) is 0. The van der Waals surface area contributed by atoms with Crippen molar-refractivity contribution in [3.63, 3.8) is 0 Å². The molecule has 0 heterocycles. The van der Waals surface area contributed by atoms with Crippen LogP contribution in [0.5, 0.6) is 0 Å². The van der Waals surface area contributed by atoms with Crippen LogP contribution in [0.4, 0.5) is 4.79 Å². The molecular formula is C13H23NO4. The van der Waals surface area contributed by atoms with Gasteiger partial charge in [0.05, 0.1) is 13.2 Å². The van der Waals surface area contributed by atoms with Gasteiger partial charge in [-0.1, -0.05) is 26.8 Å². The van der Waals surface area contributed by atoms with Crippen LogP contribution in [0, 0.1) is 5.92 Å². The summed E-state index contributed by atoms with van der Waals surface area (Å²) in [5, 5.41) is 2.47. The van der Waals surface area contributed by atoms with Gasteiger partial charge in [0.1, 0.15) is 6.04 Å². The normalized spacial score (nSPS) is 11.8. The van der Waals surface area contributed by atoms with Crippen LogP contribution in [0.1, 0.15) is 33.6 Å². The molecule has 0 saturated heterocycles. The SMILES string of the molecule is C=CCC(NC(=O)OCCC)C(=O)OCC(C)C. The molecule has 1 unspecified atom stereocenters. The second-order valence-corrected chi connectivity index (χ2v) is 4.38. The van der Waals surface area contributed by atoms with Gasteiger partial charge >= 0.3 is 12.1 Å². The quantitative estimate of drug-likeness (QED) is 0.535. The van der Waals surface area contributed by atoms with Gasteiger partial charge in [-0.05, 0) is 18.8 Å². The smallest absolute Gasteiger partial charge is 0.407 e. The average Bonchev–Trinajstić information content (AvgIpc) is 2.32. The Morgan fingerprint density at radius 3 is 2.50 bits per heavy atom. The van der Waals surface area contributed by atoms with E-state index in [-0.39, 0.29) is 5.92 Å². The molecule has 1 atom stereocenters. The Hall–Kier alpha value is -1.52. The first kappa shape index (κ1) is 16.5.